The van der Waals surface area contributed by atoms with Crippen LogP contribution >= 0.6 is 23.2 Å². The van der Waals surface area contributed by atoms with Gasteiger partial charge in [-0.1, -0.05) is 23.2 Å². The van der Waals surface area contributed by atoms with Crippen LogP contribution in [0.25, 0.3) is 0 Å². The molecule has 88 valence electrons. The molecule has 0 atom stereocenters. The van der Waals surface area contributed by atoms with Crippen LogP contribution in [0.3, 0.4) is 0 Å². The minimum absolute atomic E-state index is 0.382. The Bertz CT molecular complexity index is 611. The lowest BCUT2D eigenvalue weighted by atomic mass is 10.3. The summed E-state index contributed by atoms with van der Waals surface area (Å²) in [6, 6.07) is 5.03. The molecule has 2 rings (SSSR count). The molecular formula is C10H8Cl2N4O. The molecule has 17 heavy (non-hydrogen) atoms. The van der Waals surface area contributed by atoms with Gasteiger partial charge in [0.15, 0.2) is 5.82 Å². The van der Waals surface area contributed by atoms with Crippen LogP contribution in [0.1, 0.15) is 5.69 Å². The fourth-order valence-corrected chi connectivity index (χ4v) is 1.52. The van der Waals surface area contributed by atoms with Gasteiger partial charge in [0, 0.05) is 5.69 Å². The van der Waals surface area contributed by atoms with E-state index in [1.165, 1.54) is 0 Å². The number of aryl methyl sites for hydroxylation is 1. The highest BCUT2D eigenvalue weighted by atomic mass is 35.5. The van der Waals surface area contributed by atoms with Crippen LogP contribution in [-0.4, -0.2) is 15.2 Å². The summed E-state index contributed by atoms with van der Waals surface area (Å²) in [5.74, 6) is 0.382. The van der Waals surface area contributed by atoms with E-state index in [0.29, 0.717) is 27.2 Å². The monoisotopic (exact) mass is 270 g/mol. The SMILES string of the molecule is Cc1n[nH]c(=O)nc1Nc1ccc(Cl)c(Cl)c1. The number of hydrogen-bond acceptors (Lipinski definition) is 4. The molecule has 0 spiro atoms. The van der Waals surface area contributed by atoms with Crippen molar-refractivity contribution in [2.24, 2.45) is 0 Å². The second-order valence-corrected chi connectivity index (χ2v) is 4.14. The summed E-state index contributed by atoms with van der Waals surface area (Å²) in [6.07, 6.45) is 0. The molecule has 0 aliphatic carbocycles. The first-order chi connectivity index (χ1) is 8.06. The van der Waals surface area contributed by atoms with Crippen molar-refractivity contribution in [3.8, 4) is 0 Å². The molecule has 1 aromatic heterocycles. The Kier molecular flexibility index (Phi) is 3.31. The first-order valence-electron chi connectivity index (χ1n) is 4.71. The number of nitrogens with zero attached hydrogens (tertiary/aromatic N) is 2. The fraction of sp³-hybridized carbons (Fsp3) is 0.100. The third kappa shape index (κ3) is 2.75. The van der Waals surface area contributed by atoms with Crippen molar-refractivity contribution in [2.75, 3.05) is 5.32 Å². The fourth-order valence-electron chi connectivity index (χ4n) is 1.22. The Morgan fingerprint density at radius 3 is 2.76 bits per heavy atom. The van der Waals surface area contributed by atoms with Gasteiger partial charge in [0.25, 0.3) is 0 Å². The molecule has 7 heteroatoms. The van der Waals surface area contributed by atoms with Gasteiger partial charge in [-0.25, -0.2) is 9.89 Å². The summed E-state index contributed by atoms with van der Waals surface area (Å²) < 4.78 is 0. The van der Waals surface area contributed by atoms with Gasteiger partial charge in [-0.05, 0) is 25.1 Å². The van der Waals surface area contributed by atoms with Crippen molar-refractivity contribution in [2.45, 2.75) is 6.92 Å². The van der Waals surface area contributed by atoms with Crippen molar-refractivity contribution < 1.29 is 0 Å². The number of anilines is 2. The third-order valence-electron chi connectivity index (χ3n) is 2.06. The van der Waals surface area contributed by atoms with E-state index in [1.807, 2.05) is 0 Å². The average Bonchev–Trinajstić information content (AvgIpc) is 2.29. The predicted octanol–water partition coefficient (Wildman–Crippen LogP) is 2.52. The first-order valence-corrected chi connectivity index (χ1v) is 5.47. The molecule has 0 radical (unpaired) electrons. The maximum Gasteiger partial charge on any atom is 0.363 e. The average molecular weight is 271 g/mol. The van der Waals surface area contributed by atoms with Gasteiger partial charge >= 0.3 is 5.69 Å². The molecule has 2 aromatic rings. The minimum Gasteiger partial charge on any atom is -0.338 e. The van der Waals surface area contributed by atoms with E-state index >= 15 is 0 Å². The Hall–Kier alpha value is -1.59. The number of hydrogen-bond donors (Lipinski definition) is 2. The molecule has 2 N–H and O–H groups in total. The molecule has 0 saturated carbocycles. The molecule has 1 aromatic carbocycles. The maximum absolute atomic E-state index is 11.0. The lowest BCUT2D eigenvalue weighted by Crippen LogP contribution is -2.15. The van der Waals surface area contributed by atoms with Gasteiger partial charge in [0.1, 0.15) is 5.69 Å². The van der Waals surface area contributed by atoms with Gasteiger partial charge in [0.05, 0.1) is 10.0 Å². The number of rotatable bonds is 2. The lowest BCUT2D eigenvalue weighted by molar-refractivity contribution is 0.885. The van der Waals surface area contributed by atoms with E-state index in [-0.39, 0.29) is 0 Å². The van der Waals surface area contributed by atoms with E-state index < -0.39 is 5.69 Å². The van der Waals surface area contributed by atoms with Crippen molar-refractivity contribution >= 4 is 34.7 Å². The summed E-state index contributed by atoms with van der Waals surface area (Å²) >= 11 is 11.7. The molecule has 0 aliphatic heterocycles. The predicted molar refractivity (Wildman–Crippen MR) is 67.1 cm³/mol. The molecule has 5 nitrogen and oxygen atoms in total. The van der Waals surface area contributed by atoms with E-state index in [0.717, 1.165) is 0 Å². The highest BCUT2D eigenvalue weighted by molar-refractivity contribution is 6.42. The number of aromatic nitrogens is 3. The van der Waals surface area contributed by atoms with E-state index in [9.17, 15) is 4.79 Å². The molecule has 0 saturated heterocycles. The second-order valence-electron chi connectivity index (χ2n) is 3.33. The summed E-state index contributed by atoms with van der Waals surface area (Å²) in [6.45, 7) is 1.72. The summed E-state index contributed by atoms with van der Waals surface area (Å²) in [4.78, 5) is 14.8. The van der Waals surface area contributed by atoms with Gasteiger partial charge in [-0.2, -0.15) is 10.1 Å². The first kappa shape index (κ1) is 11.9. The van der Waals surface area contributed by atoms with Crippen LogP contribution in [0.5, 0.6) is 0 Å². The van der Waals surface area contributed by atoms with Crippen LogP contribution in [0.2, 0.25) is 10.0 Å². The smallest absolute Gasteiger partial charge is 0.338 e. The lowest BCUT2D eigenvalue weighted by Gasteiger charge is -2.07. The third-order valence-corrected chi connectivity index (χ3v) is 2.80. The van der Waals surface area contributed by atoms with Crippen molar-refractivity contribution in [3.63, 3.8) is 0 Å². The normalized spacial score (nSPS) is 10.3. The maximum atomic E-state index is 11.0. The van der Waals surface area contributed by atoms with Crippen molar-refractivity contribution in [1.29, 1.82) is 0 Å². The molecule has 0 amide bonds. The van der Waals surface area contributed by atoms with Crippen molar-refractivity contribution in [1.82, 2.24) is 15.2 Å². The van der Waals surface area contributed by atoms with Crippen LogP contribution in [-0.2, 0) is 0 Å². The Balaban J connectivity index is 2.34. The summed E-state index contributed by atoms with van der Waals surface area (Å²) in [5.41, 5.74) is 0.747. The molecule has 0 bridgehead atoms. The van der Waals surface area contributed by atoms with E-state index in [4.69, 9.17) is 23.2 Å². The van der Waals surface area contributed by atoms with Gasteiger partial charge < -0.3 is 5.32 Å². The highest BCUT2D eigenvalue weighted by Gasteiger charge is 2.04. The molecular weight excluding hydrogens is 263 g/mol. The highest BCUT2D eigenvalue weighted by Crippen LogP contribution is 2.26. The standard InChI is InChI=1S/C10H8Cl2N4O/c1-5-9(14-10(17)16-15-5)13-6-2-3-7(11)8(12)4-6/h2-4H,1H3,(H2,13,14,16,17). The van der Waals surface area contributed by atoms with Gasteiger partial charge in [0.2, 0.25) is 0 Å². The van der Waals surface area contributed by atoms with Gasteiger partial charge in [-0.3, -0.25) is 0 Å². The van der Waals surface area contributed by atoms with E-state index in [2.05, 4.69) is 20.5 Å². The minimum atomic E-state index is -0.516. The topological polar surface area (TPSA) is 70.7 Å². The van der Waals surface area contributed by atoms with Crippen LogP contribution < -0.4 is 11.0 Å². The van der Waals surface area contributed by atoms with Crippen LogP contribution in [0.15, 0.2) is 23.0 Å². The molecule has 1 heterocycles. The summed E-state index contributed by atoms with van der Waals surface area (Å²) in [7, 11) is 0. The Labute approximate surface area is 107 Å². The number of aromatic amines is 1. The Morgan fingerprint density at radius 1 is 1.29 bits per heavy atom. The zero-order valence-electron chi connectivity index (χ0n) is 8.79. The number of H-pyrrole nitrogens is 1. The zero-order chi connectivity index (χ0) is 12.4. The number of benzene rings is 1. The number of halogens is 2. The largest absolute Gasteiger partial charge is 0.363 e. The molecule has 0 unspecified atom stereocenters. The second kappa shape index (κ2) is 4.73. The van der Waals surface area contributed by atoms with Crippen molar-refractivity contribution in [3.05, 3.63) is 44.4 Å². The van der Waals surface area contributed by atoms with Crippen LogP contribution in [0.4, 0.5) is 11.5 Å². The molecule has 0 fully saturated rings. The Morgan fingerprint density at radius 2 is 2.06 bits per heavy atom. The van der Waals surface area contributed by atoms with E-state index in [1.54, 1.807) is 25.1 Å². The molecule has 0 aliphatic rings. The number of nitrogens with one attached hydrogen (secondary N) is 2. The van der Waals surface area contributed by atoms with Crippen LogP contribution in [0, 0.1) is 6.92 Å². The van der Waals surface area contributed by atoms with Gasteiger partial charge in [-0.15, -0.1) is 0 Å². The summed E-state index contributed by atoms with van der Waals surface area (Å²) in [5, 5.41) is 9.87. The zero-order valence-corrected chi connectivity index (χ0v) is 10.3. The quantitative estimate of drug-likeness (QED) is 0.880.